The molecule has 5 nitrogen and oxygen atoms in total. The molecule has 0 unspecified atom stereocenters. The molecule has 4 aromatic rings. The molecule has 0 saturated heterocycles. The molecular weight excluding hydrogens is 379 g/mol. The van der Waals surface area contributed by atoms with Gasteiger partial charge in [-0.1, -0.05) is 42.5 Å². The molecule has 4 rings (SSSR count). The van der Waals surface area contributed by atoms with Gasteiger partial charge in [0.15, 0.2) is 11.6 Å². The monoisotopic (exact) mass is 402 g/mol. The van der Waals surface area contributed by atoms with Crippen molar-refractivity contribution in [2.24, 2.45) is 7.05 Å². The standard InChI is InChI=1S/C24H23FN4O/c1-16-15-19(17(2)28(16)3)22(30)13-14-23-26-27-24(18-9-5-4-6-10-18)29(23)21-12-8-7-11-20(21)25/h4-12,15H,13-14H2,1-3H3. The summed E-state index contributed by atoms with van der Waals surface area (Å²) in [4.78, 5) is 12.9. The smallest absolute Gasteiger partial charge is 0.168 e. The summed E-state index contributed by atoms with van der Waals surface area (Å²) in [5.41, 5.74) is 3.90. The van der Waals surface area contributed by atoms with Gasteiger partial charge in [-0.2, -0.15) is 0 Å². The molecule has 0 aliphatic rings. The van der Waals surface area contributed by atoms with Crippen LogP contribution in [0.4, 0.5) is 4.39 Å². The fourth-order valence-corrected chi connectivity index (χ4v) is 3.64. The Morgan fingerprint density at radius 1 is 1.00 bits per heavy atom. The predicted molar refractivity (Wildman–Crippen MR) is 114 cm³/mol. The number of aryl methyl sites for hydroxylation is 2. The second-order valence-corrected chi connectivity index (χ2v) is 7.36. The van der Waals surface area contributed by atoms with Crippen molar-refractivity contribution >= 4 is 5.78 Å². The van der Waals surface area contributed by atoms with Crippen LogP contribution in [-0.2, 0) is 13.5 Å². The molecule has 6 heteroatoms. The number of Topliss-reactive ketones (excluding diaryl/α,β-unsaturated/α-hetero) is 1. The molecule has 0 atom stereocenters. The van der Waals surface area contributed by atoms with Crippen LogP contribution in [0.2, 0.25) is 0 Å². The van der Waals surface area contributed by atoms with Gasteiger partial charge < -0.3 is 4.57 Å². The quantitative estimate of drug-likeness (QED) is 0.434. The van der Waals surface area contributed by atoms with E-state index in [1.165, 1.54) is 6.07 Å². The van der Waals surface area contributed by atoms with Crippen LogP contribution in [0, 0.1) is 19.7 Å². The second kappa shape index (κ2) is 8.06. The molecule has 0 bridgehead atoms. The van der Waals surface area contributed by atoms with Crippen LogP contribution in [0.15, 0.2) is 60.7 Å². The van der Waals surface area contributed by atoms with Crippen LogP contribution in [0.3, 0.4) is 0 Å². The number of hydrogen-bond donors (Lipinski definition) is 0. The van der Waals surface area contributed by atoms with Gasteiger partial charge in [0.25, 0.3) is 0 Å². The van der Waals surface area contributed by atoms with Crippen molar-refractivity contribution in [2.45, 2.75) is 26.7 Å². The van der Waals surface area contributed by atoms with Crippen molar-refractivity contribution in [1.29, 1.82) is 0 Å². The highest BCUT2D eigenvalue weighted by atomic mass is 19.1. The van der Waals surface area contributed by atoms with Crippen LogP contribution in [0.5, 0.6) is 0 Å². The largest absolute Gasteiger partial charge is 0.351 e. The lowest BCUT2D eigenvalue weighted by Crippen LogP contribution is -2.09. The van der Waals surface area contributed by atoms with E-state index in [0.717, 1.165) is 22.5 Å². The second-order valence-electron chi connectivity index (χ2n) is 7.36. The SMILES string of the molecule is Cc1cc(C(=O)CCc2nnc(-c3ccccc3)n2-c2ccccc2F)c(C)n1C. The van der Waals surface area contributed by atoms with Crippen molar-refractivity contribution in [3.63, 3.8) is 0 Å². The Bertz CT molecular complexity index is 1210. The van der Waals surface area contributed by atoms with Crippen LogP contribution < -0.4 is 0 Å². The third kappa shape index (κ3) is 3.56. The van der Waals surface area contributed by atoms with Crippen LogP contribution in [0.25, 0.3) is 17.1 Å². The number of rotatable bonds is 6. The molecule has 2 aromatic heterocycles. The van der Waals surface area contributed by atoms with Gasteiger partial charge in [-0.05, 0) is 32.0 Å². The van der Waals surface area contributed by atoms with Crippen molar-refractivity contribution in [2.75, 3.05) is 0 Å². The van der Waals surface area contributed by atoms with E-state index >= 15 is 0 Å². The molecule has 0 saturated carbocycles. The van der Waals surface area contributed by atoms with E-state index in [2.05, 4.69) is 10.2 Å². The molecule has 0 aliphatic carbocycles. The fraction of sp³-hybridized carbons (Fsp3) is 0.208. The summed E-state index contributed by atoms with van der Waals surface area (Å²) < 4.78 is 18.4. The molecule has 2 aromatic carbocycles. The van der Waals surface area contributed by atoms with E-state index in [4.69, 9.17) is 0 Å². The molecule has 152 valence electrons. The fourth-order valence-electron chi connectivity index (χ4n) is 3.64. The molecule has 0 radical (unpaired) electrons. The lowest BCUT2D eigenvalue weighted by atomic mass is 10.1. The number of nitrogens with zero attached hydrogens (tertiary/aromatic N) is 4. The van der Waals surface area contributed by atoms with Gasteiger partial charge in [0.2, 0.25) is 0 Å². The number of hydrogen-bond acceptors (Lipinski definition) is 3. The molecular formula is C24H23FN4O. The maximum absolute atomic E-state index is 14.6. The molecule has 0 amide bonds. The number of ketones is 1. The Kier molecular flexibility index (Phi) is 5.31. The topological polar surface area (TPSA) is 52.7 Å². The molecule has 30 heavy (non-hydrogen) atoms. The Balaban J connectivity index is 1.70. The van der Waals surface area contributed by atoms with Gasteiger partial charge in [-0.3, -0.25) is 9.36 Å². The van der Waals surface area contributed by atoms with E-state index in [1.54, 1.807) is 22.8 Å². The van der Waals surface area contributed by atoms with Gasteiger partial charge in [0.1, 0.15) is 11.6 Å². The minimum atomic E-state index is -0.364. The average molecular weight is 402 g/mol. The number of carbonyl (C=O) groups is 1. The predicted octanol–water partition coefficient (Wildman–Crippen LogP) is 4.84. The average Bonchev–Trinajstić information content (AvgIpc) is 3.29. The normalized spacial score (nSPS) is 11.1. The van der Waals surface area contributed by atoms with Crippen LogP contribution in [0.1, 0.15) is 34.0 Å². The molecule has 0 spiro atoms. The van der Waals surface area contributed by atoms with Gasteiger partial charge in [-0.25, -0.2) is 4.39 Å². The van der Waals surface area contributed by atoms with E-state index in [9.17, 15) is 9.18 Å². The summed E-state index contributed by atoms with van der Waals surface area (Å²) in [5.74, 6) is 0.782. The highest BCUT2D eigenvalue weighted by molar-refractivity contribution is 5.97. The number of para-hydroxylation sites is 1. The Morgan fingerprint density at radius 3 is 2.37 bits per heavy atom. The van der Waals surface area contributed by atoms with Crippen molar-refractivity contribution < 1.29 is 9.18 Å². The molecule has 0 N–H and O–H groups in total. The minimum Gasteiger partial charge on any atom is -0.351 e. The van der Waals surface area contributed by atoms with E-state index in [1.807, 2.05) is 61.9 Å². The number of benzene rings is 2. The Labute approximate surface area is 174 Å². The first-order valence-corrected chi connectivity index (χ1v) is 9.88. The first kappa shape index (κ1) is 19.8. The van der Waals surface area contributed by atoms with Crippen molar-refractivity contribution in [3.05, 3.63) is 89.3 Å². The molecule has 2 heterocycles. The summed E-state index contributed by atoms with van der Waals surface area (Å²) in [6.45, 7) is 3.92. The first-order valence-electron chi connectivity index (χ1n) is 9.88. The number of carbonyl (C=O) groups excluding carboxylic acids is 1. The third-order valence-electron chi connectivity index (χ3n) is 5.51. The summed E-state index contributed by atoms with van der Waals surface area (Å²) >= 11 is 0. The maximum atomic E-state index is 14.6. The van der Waals surface area contributed by atoms with E-state index in [0.29, 0.717) is 23.8 Å². The summed E-state index contributed by atoms with van der Waals surface area (Å²) in [7, 11) is 1.95. The molecule has 0 fully saturated rings. The van der Waals surface area contributed by atoms with Gasteiger partial charge >= 0.3 is 0 Å². The summed E-state index contributed by atoms with van der Waals surface area (Å²) in [6, 6.07) is 18.0. The third-order valence-corrected chi connectivity index (χ3v) is 5.51. The van der Waals surface area contributed by atoms with Gasteiger partial charge in [-0.15, -0.1) is 10.2 Å². The molecule has 0 aliphatic heterocycles. The van der Waals surface area contributed by atoms with Gasteiger partial charge in [0, 0.05) is 42.4 Å². The first-order chi connectivity index (χ1) is 14.5. The Morgan fingerprint density at radius 2 is 1.70 bits per heavy atom. The van der Waals surface area contributed by atoms with Crippen LogP contribution >= 0.6 is 0 Å². The number of halogens is 1. The highest BCUT2D eigenvalue weighted by Crippen LogP contribution is 2.25. The van der Waals surface area contributed by atoms with Crippen molar-refractivity contribution in [3.8, 4) is 17.1 Å². The van der Waals surface area contributed by atoms with E-state index < -0.39 is 0 Å². The lowest BCUT2D eigenvalue weighted by Gasteiger charge is -2.11. The minimum absolute atomic E-state index is 0.0422. The van der Waals surface area contributed by atoms with Crippen LogP contribution in [-0.4, -0.2) is 25.1 Å². The summed E-state index contributed by atoms with van der Waals surface area (Å²) in [6.07, 6.45) is 0.631. The Hall–Kier alpha value is -3.54. The summed E-state index contributed by atoms with van der Waals surface area (Å²) in [5, 5.41) is 8.63. The van der Waals surface area contributed by atoms with Gasteiger partial charge in [0.05, 0.1) is 5.69 Å². The highest BCUT2D eigenvalue weighted by Gasteiger charge is 2.20. The zero-order chi connectivity index (χ0) is 21.3. The van der Waals surface area contributed by atoms with E-state index in [-0.39, 0.29) is 18.0 Å². The zero-order valence-electron chi connectivity index (χ0n) is 17.3. The number of aromatic nitrogens is 4. The lowest BCUT2D eigenvalue weighted by molar-refractivity contribution is 0.0981. The van der Waals surface area contributed by atoms with Crippen molar-refractivity contribution in [1.82, 2.24) is 19.3 Å². The maximum Gasteiger partial charge on any atom is 0.168 e. The zero-order valence-corrected chi connectivity index (χ0v) is 17.3.